The van der Waals surface area contributed by atoms with Crippen LogP contribution in [0.4, 0.5) is 0 Å². The second-order valence-electron chi connectivity index (χ2n) is 13.2. The van der Waals surface area contributed by atoms with E-state index in [4.69, 9.17) is 0 Å². The Morgan fingerprint density at radius 3 is 1.07 bits per heavy atom. The maximum absolute atomic E-state index is 2.59. The van der Waals surface area contributed by atoms with E-state index < -0.39 is 0 Å². The second-order valence-corrected chi connectivity index (χ2v) is 13.2. The molecule has 9 rings (SSSR count). The van der Waals surface area contributed by atoms with Gasteiger partial charge in [-0.1, -0.05) is 136 Å². The molecule has 45 heavy (non-hydrogen) atoms. The first-order valence-corrected chi connectivity index (χ1v) is 17.0. The Bertz CT molecular complexity index is 2300. The number of hydrogen-bond acceptors (Lipinski definition) is 0. The Morgan fingerprint density at radius 1 is 0.400 bits per heavy atom. The normalized spacial score (nSPS) is 12.7. The number of benzene rings is 8. The van der Waals surface area contributed by atoms with E-state index in [-0.39, 0.29) is 0 Å². The van der Waals surface area contributed by atoms with E-state index in [1.165, 1.54) is 101 Å². The largest absolute Gasteiger partial charge is 0.0654 e. The summed E-state index contributed by atoms with van der Waals surface area (Å²) >= 11 is 0. The van der Waals surface area contributed by atoms with Crippen LogP contribution in [0.2, 0.25) is 0 Å². The quantitative estimate of drug-likeness (QED) is 0.172. The highest BCUT2D eigenvalue weighted by Gasteiger charge is 2.31. The predicted molar refractivity (Wildman–Crippen MR) is 197 cm³/mol. The molecule has 0 saturated carbocycles. The van der Waals surface area contributed by atoms with E-state index in [2.05, 4.69) is 123 Å². The van der Waals surface area contributed by atoms with Gasteiger partial charge in [-0.15, -0.1) is 0 Å². The van der Waals surface area contributed by atoms with Gasteiger partial charge in [-0.25, -0.2) is 0 Å². The van der Waals surface area contributed by atoms with Crippen LogP contribution in [0.3, 0.4) is 0 Å². The van der Waals surface area contributed by atoms with Crippen LogP contribution >= 0.6 is 0 Å². The average molecular weight is 579 g/mol. The van der Waals surface area contributed by atoms with Gasteiger partial charge < -0.3 is 0 Å². The van der Waals surface area contributed by atoms with Gasteiger partial charge in [0.25, 0.3) is 0 Å². The van der Waals surface area contributed by atoms with Crippen LogP contribution in [0.5, 0.6) is 0 Å². The van der Waals surface area contributed by atoms with Crippen LogP contribution in [0.15, 0.2) is 109 Å². The summed E-state index contributed by atoms with van der Waals surface area (Å²) in [4.78, 5) is 0. The summed E-state index contributed by atoms with van der Waals surface area (Å²) in [5.74, 6) is 0. The van der Waals surface area contributed by atoms with Crippen molar-refractivity contribution in [3.63, 3.8) is 0 Å². The minimum Gasteiger partial charge on any atom is -0.0654 e. The van der Waals surface area contributed by atoms with Gasteiger partial charge in [-0.3, -0.25) is 0 Å². The number of unbranched alkanes of at least 4 members (excludes halogenated alkanes) is 2. The minimum atomic E-state index is 1.04. The van der Waals surface area contributed by atoms with Gasteiger partial charge in [0.1, 0.15) is 0 Å². The van der Waals surface area contributed by atoms with Gasteiger partial charge in [-0.2, -0.15) is 0 Å². The maximum atomic E-state index is 2.59. The minimum absolute atomic E-state index is 1.04. The molecule has 0 nitrogen and oxygen atoms in total. The molecule has 1 aliphatic rings. The fraction of sp³-hybridized carbons (Fsp3) is 0.200. The zero-order valence-corrected chi connectivity index (χ0v) is 26.3. The number of rotatable bonds is 6. The average Bonchev–Trinajstić information content (AvgIpc) is 3.50. The molecule has 0 unspecified atom stereocenters. The van der Waals surface area contributed by atoms with Crippen LogP contribution in [0.1, 0.15) is 61.8 Å². The molecule has 0 N–H and O–H groups in total. The zero-order valence-electron chi connectivity index (χ0n) is 26.3. The topological polar surface area (TPSA) is 0 Å². The van der Waals surface area contributed by atoms with Crippen molar-refractivity contribution in [3.8, 4) is 11.1 Å². The molecule has 8 aromatic carbocycles. The van der Waals surface area contributed by atoms with E-state index in [0.717, 1.165) is 19.3 Å². The number of fused-ring (bicyclic) bond motifs is 17. The van der Waals surface area contributed by atoms with Crippen molar-refractivity contribution in [1.29, 1.82) is 0 Å². The number of hydrogen-bond donors (Lipinski definition) is 0. The zero-order chi connectivity index (χ0) is 30.1. The first-order chi connectivity index (χ1) is 22.3. The van der Waals surface area contributed by atoms with Crippen molar-refractivity contribution in [2.45, 2.75) is 58.8 Å². The molecule has 0 heterocycles. The van der Waals surface area contributed by atoms with E-state index in [0.29, 0.717) is 0 Å². The second kappa shape index (κ2) is 10.5. The molecule has 0 radical (unpaired) electrons. The Morgan fingerprint density at radius 2 is 0.711 bits per heavy atom. The van der Waals surface area contributed by atoms with Crippen molar-refractivity contribution in [1.82, 2.24) is 0 Å². The summed E-state index contributed by atoms with van der Waals surface area (Å²) < 4.78 is 0. The Kier molecular flexibility index (Phi) is 6.20. The Hall–Kier alpha value is -4.68. The monoisotopic (exact) mass is 578 g/mol. The number of aryl methyl sites for hydroxylation is 2. The molecule has 8 aromatic rings. The molecular formula is C45H38. The van der Waals surface area contributed by atoms with Crippen molar-refractivity contribution >= 4 is 64.6 Å². The van der Waals surface area contributed by atoms with Crippen LogP contribution in [0, 0.1) is 0 Å². The molecule has 0 fully saturated rings. The lowest BCUT2D eigenvalue weighted by Crippen LogP contribution is -1.97. The summed E-state index contributed by atoms with van der Waals surface area (Å²) in [7, 11) is 0. The van der Waals surface area contributed by atoms with Crippen molar-refractivity contribution in [2.24, 2.45) is 0 Å². The molecule has 1 aliphatic carbocycles. The van der Waals surface area contributed by atoms with Crippen LogP contribution in [-0.2, 0) is 19.3 Å². The third-order valence-corrected chi connectivity index (χ3v) is 10.7. The molecule has 0 heteroatoms. The molecule has 0 bridgehead atoms. The highest BCUT2D eigenvalue weighted by atomic mass is 14.3. The van der Waals surface area contributed by atoms with Gasteiger partial charge >= 0.3 is 0 Å². The smallest absolute Gasteiger partial charge is 0.000751 e. The molecular weight excluding hydrogens is 540 g/mol. The van der Waals surface area contributed by atoms with Crippen molar-refractivity contribution in [3.05, 3.63) is 131 Å². The summed E-state index contributed by atoms with van der Waals surface area (Å²) in [6, 6.07) is 41.7. The van der Waals surface area contributed by atoms with Gasteiger partial charge in [0.05, 0.1) is 0 Å². The van der Waals surface area contributed by atoms with E-state index in [9.17, 15) is 0 Å². The lowest BCUT2D eigenvalue weighted by Gasteiger charge is -2.20. The highest BCUT2D eigenvalue weighted by molar-refractivity contribution is 6.34. The standard InChI is InChI=1S/C45H38/c1-3-5-15-28-25-40-34-21-9-7-17-30(34)32-19-11-13-23-36(32)42(40)44-38(28)27-39-29(16-6-4-2)26-41-35-22-10-8-18-31(35)33-20-12-14-24-37(33)43(41)45(39)44/h7-14,17-26H,3-6,15-16,27H2,1-2H3. The van der Waals surface area contributed by atoms with Gasteiger partial charge in [0.15, 0.2) is 0 Å². The van der Waals surface area contributed by atoms with Crippen LogP contribution in [-0.4, -0.2) is 0 Å². The SMILES string of the molecule is CCCCc1cc2c3ccccc3c3ccccc3c2c2c1Cc1c(CCCC)cc3c4ccccc4c4ccccc4c3c1-2. The summed E-state index contributed by atoms with van der Waals surface area (Å²) in [6.45, 7) is 4.65. The van der Waals surface area contributed by atoms with E-state index >= 15 is 0 Å². The highest BCUT2D eigenvalue weighted by Crippen LogP contribution is 2.53. The van der Waals surface area contributed by atoms with Crippen molar-refractivity contribution in [2.75, 3.05) is 0 Å². The summed E-state index contributed by atoms with van der Waals surface area (Å²) in [5.41, 5.74) is 9.28. The van der Waals surface area contributed by atoms with E-state index in [1.54, 1.807) is 22.3 Å². The first kappa shape index (κ1) is 26.7. The molecule has 0 amide bonds. The predicted octanol–water partition coefficient (Wildman–Crippen LogP) is 12.9. The fourth-order valence-electron chi connectivity index (χ4n) is 8.63. The molecule has 0 aromatic heterocycles. The molecule has 0 spiro atoms. The van der Waals surface area contributed by atoms with Crippen molar-refractivity contribution < 1.29 is 0 Å². The molecule has 0 saturated heterocycles. The molecule has 0 atom stereocenters. The van der Waals surface area contributed by atoms with Gasteiger partial charge in [-0.05, 0) is 130 Å². The van der Waals surface area contributed by atoms with E-state index in [1.807, 2.05) is 0 Å². The van der Waals surface area contributed by atoms with Gasteiger partial charge in [0.2, 0.25) is 0 Å². The summed E-state index contributed by atoms with van der Waals surface area (Å²) in [6.07, 6.45) is 8.16. The third kappa shape index (κ3) is 3.85. The van der Waals surface area contributed by atoms with Crippen LogP contribution in [0.25, 0.3) is 75.8 Å². The Balaban J connectivity index is 1.56. The van der Waals surface area contributed by atoms with Crippen LogP contribution < -0.4 is 0 Å². The summed E-state index contributed by atoms with van der Waals surface area (Å²) in [5, 5.41) is 16.7. The lowest BCUT2D eigenvalue weighted by molar-refractivity contribution is 0.785. The lowest BCUT2D eigenvalue weighted by atomic mass is 9.83. The first-order valence-electron chi connectivity index (χ1n) is 17.0. The fourth-order valence-corrected chi connectivity index (χ4v) is 8.63. The maximum Gasteiger partial charge on any atom is -0.000751 e. The Labute approximate surface area is 265 Å². The molecule has 0 aliphatic heterocycles. The van der Waals surface area contributed by atoms with Gasteiger partial charge in [0, 0.05) is 0 Å². The molecule has 218 valence electrons. The third-order valence-electron chi connectivity index (χ3n) is 10.7.